The van der Waals surface area contributed by atoms with Crippen LogP contribution in [0.1, 0.15) is 32.3 Å². The number of rotatable bonds is 8. The molecule has 0 saturated carbocycles. The van der Waals surface area contributed by atoms with E-state index in [0.717, 1.165) is 29.9 Å². The zero-order chi connectivity index (χ0) is 14.3. The van der Waals surface area contributed by atoms with Crippen LogP contribution in [0.15, 0.2) is 18.2 Å². The molecule has 0 aromatic heterocycles. The highest BCUT2D eigenvalue weighted by atomic mass is 16.5. The highest BCUT2D eigenvalue weighted by molar-refractivity contribution is 5.38. The van der Waals surface area contributed by atoms with Crippen LogP contribution in [0.2, 0.25) is 0 Å². The van der Waals surface area contributed by atoms with Crippen molar-refractivity contribution >= 4 is 0 Å². The molecule has 0 bridgehead atoms. The molecule has 2 N–H and O–H groups in total. The topological polar surface area (TPSA) is 50.7 Å². The first-order chi connectivity index (χ1) is 9.06. The number of benzene rings is 1. The van der Waals surface area contributed by atoms with Crippen molar-refractivity contribution in [3.05, 3.63) is 23.8 Å². The first kappa shape index (κ1) is 15.8. The van der Waals surface area contributed by atoms with Gasteiger partial charge in [0.05, 0.1) is 20.8 Å². The molecule has 1 aromatic carbocycles. The Labute approximate surface area is 115 Å². The van der Waals surface area contributed by atoms with Gasteiger partial charge in [0.25, 0.3) is 0 Å². The van der Waals surface area contributed by atoms with E-state index in [1.807, 2.05) is 25.1 Å². The van der Waals surface area contributed by atoms with Crippen molar-refractivity contribution in [1.29, 1.82) is 0 Å². The molecule has 0 aliphatic heterocycles. The van der Waals surface area contributed by atoms with E-state index in [1.165, 1.54) is 0 Å². The first-order valence-electron chi connectivity index (χ1n) is 6.64. The maximum Gasteiger partial charge on any atom is 0.122 e. The van der Waals surface area contributed by atoms with Crippen LogP contribution in [-0.2, 0) is 6.54 Å². The summed E-state index contributed by atoms with van der Waals surface area (Å²) in [5.74, 6) is 1.55. The van der Waals surface area contributed by atoms with Gasteiger partial charge in [-0.05, 0) is 31.0 Å². The monoisotopic (exact) mass is 267 g/mol. The molecular formula is C15H25NO3. The number of hydrogen-bond donors (Lipinski definition) is 2. The van der Waals surface area contributed by atoms with Gasteiger partial charge in [0.15, 0.2) is 0 Å². The number of ether oxygens (including phenoxy) is 2. The molecule has 0 fully saturated rings. The Balaban J connectivity index is 2.76. The molecule has 0 radical (unpaired) electrons. The Morgan fingerprint density at radius 1 is 1.16 bits per heavy atom. The van der Waals surface area contributed by atoms with Crippen LogP contribution in [0, 0.1) is 0 Å². The highest BCUT2D eigenvalue weighted by Gasteiger charge is 2.21. The average Bonchev–Trinajstić information content (AvgIpc) is 2.45. The molecule has 0 saturated heterocycles. The summed E-state index contributed by atoms with van der Waals surface area (Å²) >= 11 is 0. The zero-order valence-electron chi connectivity index (χ0n) is 12.3. The van der Waals surface area contributed by atoms with Gasteiger partial charge in [-0.1, -0.05) is 13.3 Å². The predicted molar refractivity (Wildman–Crippen MR) is 76.8 cm³/mol. The summed E-state index contributed by atoms with van der Waals surface area (Å²) in [7, 11) is 3.28. The molecule has 0 aliphatic carbocycles. The second-order valence-corrected chi connectivity index (χ2v) is 5.04. The standard InChI is InChI=1S/C15H25NO3/c1-5-6-15(2,11-17)16-10-12-7-13(18-3)9-14(8-12)19-4/h7-9,16-17H,5-6,10-11H2,1-4H3. The lowest BCUT2D eigenvalue weighted by Gasteiger charge is -2.28. The van der Waals surface area contributed by atoms with Crippen molar-refractivity contribution < 1.29 is 14.6 Å². The van der Waals surface area contributed by atoms with Crippen LogP contribution in [0.5, 0.6) is 11.5 Å². The summed E-state index contributed by atoms with van der Waals surface area (Å²) in [5.41, 5.74) is 0.831. The Bertz CT molecular complexity index is 373. The molecule has 0 amide bonds. The van der Waals surface area contributed by atoms with Gasteiger partial charge in [-0.2, -0.15) is 0 Å². The summed E-state index contributed by atoms with van der Waals surface area (Å²) in [5, 5.41) is 12.9. The smallest absolute Gasteiger partial charge is 0.122 e. The maximum atomic E-state index is 9.48. The van der Waals surface area contributed by atoms with Crippen LogP contribution < -0.4 is 14.8 Å². The molecule has 0 spiro atoms. The van der Waals surface area contributed by atoms with Gasteiger partial charge in [-0.25, -0.2) is 0 Å². The minimum absolute atomic E-state index is 0.127. The van der Waals surface area contributed by atoms with E-state index < -0.39 is 0 Å². The van der Waals surface area contributed by atoms with E-state index in [9.17, 15) is 5.11 Å². The molecule has 108 valence electrons. The fraction of sp³-hybridized carbons (Fsp3) is 0.600. The fourth-order valence-corrected chi connectivity index (χ4v) is 2.06. The molecule has 1 rings (SSSR count). The SMILES string of the molecule is CCCC(C)(CO)NCc1cc(OC)cc(OC)c1. The quantitative estimate of drug-likeness (QED) is 0.759. The molecule has 1 atom stereocenters. The number of hydrogen-bond acceptors (Lipinski definition) is 4. The molecule has 0 heterocycles. The molecule has 0 aliphatic rings. The lowest BCUT2D eigenvalue weighted by molar-refractivity contribution is 0.163. The third kappa shape index (κ3) is 4.73. The Morgan fingerprint density at radius 3 is 2.16 bits per heavy atom. The summed E-state index contributed by atoms with van der Waals surface area (Å²) in [4.78, 5) is 0. The molecule has 19 heavy (non-hydrogen) atoms. The van der Waals surface area contributed by atoms with Gasteiger partial charge in [0, 0.05) is 18.2 Å². The third-order valence-corrected chi connectivity index (χ3v) is 3.28. The maximum absolute atomic E-state index is 9.48. The fourth-order valence-electron chi connectivity index (χ4n) is 2.06. The van der Waals surface area contributed by atoms with Gasteiger partial charge < -0.3 is 19.9 Å². The first-order valence-corrected chi connectivity index (χ1v) is 6.64. The lowest BCUT2D eigenvalue weighted by Crippen LogP contribution is -2.45. The van der Waals surface area contributed by atoms with Gasteiger partial charge in [-0.3, -0.25) is 0 Å². The number of aliphatic hydroxyl groups is 1. The van der Waals surface area contributed by atoms with Crippen LogP contribution in [0.3, 0.4) is 0 Å². The summed E-state index contributed by atoms with van der Waals surface area (Å²) in [6.45, 7) is 4.95. The van der Waals surface area contributed by atoms with E-state index >= 15 is 0 Å². The van der Waals surface area contributed by atoms with Crippen LogP contribution >= 0.6 is 0 Å². The lowest BCUT2D eigenvalue weighted by atomic mass is 9.97. The minimum Gasteiger partial charge on any atom is -0.497 e. The summed E-state index contributed by atoms with van der Waals surface area (Å²) in [6, 6.07) is 5.79. The van der Waals surface area contributed by atoms with E-state index in [2.05, 4.69) is 12.2 Å². The van der Waals surface area contributed by atoms with Gasteiger partial charge in [0.1, 0.15) is 11.5 Å². The van der Waals surface area contributed by atoms with Gasteiger partial charge >= 0.3 is 0 Å². The van der Waals surface area contributed by atoms with E-state index in [1.54, 1.807) is 14.2 Å². The second-order valence-electron chi connectivity index (χ2n) is 5.04. The van der Waals surface area contributed by atoms with Crippen molar-refractivity contribution in [3.63, 3.8) is 0 Å². The van der Waals surface area contributed by atoms with Crippen molar-refractivity contribution in [2.45, 2.75) is 38.8 Å². The zero-order valence-corrected chi connectivity index (χ0v) is 12.3. The van der Waals surface area contributed by atoms with E-state index in [-0.39, 0.29) is 12.1 Å². The Morgan fingerprint density at radius 2 is 1.74 bits per heavy atom. The second kappa shape index (κ2) is 7.36. The molecule has 1 aromatic rings. The van der Waals surface area contributed by atoms with E-state index in [0.29, 0.717) is 6.54 Å². The largest absolute Gasteiger partial charge is 0.497 e. The molecule has 1 unspecified atom stereocenters. The normalized spacial score (nSPS) is 13.9. The third-order valence-electron chi connectivity index (χ3n) is 3.28. The number of aliphatic hydroxyl groups excluding tert-OH is 1. The summed E-state index contributed by atoms with van der Waals surface area (Å²) < 4.78 is 10.5. The Kier molecular flexibility index (Phi) is 6.12. The minimum atomic E-state index is -0.245. The molecule has 4 heteroatoms. The van der Waals surface area contributed by atoms with Crippen LogP contribution in [0.4, 0.5) is 0 Å². The van der Waals surface area contributed by atoms with Crippen LogP contribution in [-0.4, -0.2) is 31.5 Å². The van der Waals surface area contributed by atoms with Crippen molar-refractivity contribution in [1.82, 2.24) is 5.32 Å². The molecular weight excluding hydrogens is 242 g/mol. The van der Waals surface area contributed by atoms with Gasteiger partial charge in [0.2, 0.25) is 0 Å². The van der Waals surface area contributed by atoms with Crippen molar-refractivity contribution in [2.24, 2.45) is 0 Å². The number of nitrogens with one attached hydrogen (secondary N) is 1. The highest BCUT2D eigenvalue weighted by Crippen LogP contribution is 2.23. The van der Waals surface area contributed by atoms with Crippen molar-refractivity contribution in [3.8, 4) is 11.5 Å². The van der Waals surface area contributed by atoms with Crippen molar-refractivity contribution in [2.75, 3.05) is 20.8 Å². The Hall–Kier alpha value is -1.26. The van der Waals surface area contributed by atoms with Crippen LogP contribution in [0.25, 0.3) is 0 Å². The van der Waals surface area contributed by atoms with Gasteiger partial charge in [-0.15, -0.1) is 0 Å². The summed E-state index contributed by atoms with van der Waals surface area (Å²) in [6.07, 6.45) is 1.97. The average molecular weight is 267 g/mol. The predicted octanol–water partition coefficient (Wildman–Crippen LogP) is 2.34. The van der Waals surface area contributed by atoms with E-state index in [4.69, 9.17) is 9.47 Å². The number of methoxy groups -OCH3 is 2. The molecule has 4 nitrogen and oxygen atoms in total.